The number of pyridine rings is 1. The van der Waals surface area contributed by atoms with Crippen molar-refractivity contribution in [3.63, 3.8) is 0 Å². The average molecular weight is 221 g/mol. The van der Waals surface area contributed by atoms with Crippen LogP contribution >= 0.6 is 0 Å². The monoisotopic (exact) mass is 221 g/mol. The van der Waals surface area contributed by atoms with Crippen LogP contribution < -0.4 is 11.1 Å². The Kier molecular flexibility index (Phi) is 4.74. The van der Waals surface area contributed by atoms with E-state index in [0.29, 0.717) is 17.7 Å². The largest absolute Gasteiger partial charge is 0.384 e. The summed E-state index contributed by atoms with van der Waals surface area (Å²) in [4.78, 5) is 4.33. The number of nitrogens with zero attached hydrogens (tertiary/aromatic N) is 1. The summed E-state index contributed by atoms with van der Waals surface area (Å²) >= 11 is 0. The van der Waals surface area contributed by atoms with Gasteiger partial charge in [0.15, 0.2) is 0 Å². The van der Waals surface area contributed by atoms with Crippen LogP contribution in [0.1, 0.15) is 44.9 Å². The Hall–Kier alpha value is -1.09. The summed E-state index contributed by atoms with van der Waals surface area (Å²) in [6.07, 6.45) is 0. The second-order valence-electron chi connectivity index (χ2n) is 5.00. The number of aromatic nitrogens is 1. The van der Waals surface area contributed by atoms with Crippen molar-refractivity contribution >= 4 is 5.82 Å². The highest BCUT2D eigenvalue weighted by atomic mass is 14.9. The lowest BCUT2D eigenvalue weighted by molar-refractivity contribution is 0.552. The van der Waals surface area contributed by atoms with Gasteiger partial charge in [0.25, 0.3) is 0 Å². The third-order valence-corrected chi connectivity index (χ3v) is 2.40. The van der Waals surface area contributed by atoms with Crippen molar-refractivity contribution in [2.45, 2.75) is 40.2 Å². The number of nitrogen functional groups attached to an aromatic ring is 1. The maximum absolute atomic E-state index is 5.79. The summed E-state index contributed by atoms with van der Waals surface area (Å²) in [5.41, 5.74) is 8.08. The van der Waals surface area contributed by atoms with Crippen LogP contribution in [0.2, 0.25) is 0 Å². The molecule has 1 rings (SSSR count). The van der Waals surface area contributed by atoms with Crippen LogP contribution in [0.3, 0.4) is 0 Å². The van der Waals surface area contributed by atoms with Crippen molar-refractivity contribution in [2.75, 3.05) is 12.3 Å². The zero-order chi connectivity index (χ0) is 12.1. The lowest BCUT2D eigenvalue weighted by Gasteiger charge is -2.11. The van der Waals surface area contributed by atoms with Gasteiger partial charge >= 0.3 is 0 Å². The molecule has 0 aliphatic rings. The molecule has 0 aliphatic heterocycles. The standard InChI is InChI=1S/C13H23N3/c1-9(2)7-15-8-11-5-12(10(3)4)16-13(14)6-11/h5-6,9-10,15H,7-8H2,1-4H3,(H2,14,16). The van der Waals surface area contributed by atoms with E-state index in [1.165, 1.54) is 5.56 Å². The third kappa shape index (κ3) is 4.19. The molecule has 1 aromatic heterocycles. The SMILES string of the molecule is CC(C)CNCc1cc(N)nc(C(C)C)c1. The molecule has 0 radical (unpaired) electrons. The molecular weight excluding hydrogens is 198 g/mol. The summed E-state index contributed by atoms with van der Waals surface area (Å²) in [6.45, 7) is 10.6. The number of hydrogen-bond donors (Lipinski definition) is 2. The smallest absolute Gasteiger partial charge is 0.123 e. The summed E-state index contributed by atoms with van der Waals surface area (Å²) in [6, 6.07) is 4.08. The minimum atomic E-state index is 0.423. The van der Waals surface area contributed by atoms with Gasteiger partial charge in [-0.2, -0.15) is 0 Å². The highest BCUT2D eigenvalue weighted by Gasteiger charge is 2.04. The molecule has 0 saturated carbocycles. The molecule has 1 heterocycles. The number of nitrogens with one attached hydrogen (secondary N) is 1. The van der Waals surface area contributed by atoms with Crippen molar-refractivity contribution in [1.29, 1.82) is 0 Å². The molecule has 0 atom stereocenters. The highest BCUT2D eigenvalue weighted by Crippen LogP contribution is 2.15. The Morgan fingerprint density at radius 1 is 1.25 bits per heavy atom. The second-order valence-corrected chi connectivity index (χ2v) is 5.00. The van der Waals surface area contributed by atoms with Crippen LogP contribution in [0.5, 0.6) is 0 Å². The van der Waals surface area contributed by atoms with Gasteiger partial charge in [-0.05, 0) is 36.1 Å². The molecular formula is C13H23N3. The van der Waals surface area contributed by atoms with Gasteiger partial charge < -0.3 is 11.1 Å². The van der Waals surface area contributed by atoms with Crippen molar-refractivity contribution < 1.29 is 0 Å². The van der Waals surface area contributed by atoms with Gasteiger partial charge in [-0.15, -0.1) is 0 Å². The molecule has 0 saturated heterocycles. The van der Waals surface area contributed by atoms with Crippen molar-refractivity contribution in [3.05, 3.63) is 23.4 Å². The van der Waals surface area contributed by atoms with Crippen LogP contribution in [-0.4, -0.2) is 11.5 Å². The first-order valence-electron chi connectivity index (χ1n) is 5.96. The zero-order valence-electron chi connectivity index (χ0n) is 10.7. The Morgan fingerprint density at radius 3 is 2.50 bits per heavy atom. The predicted molar refractivity (Wildman–Crippen MR) is 69.3 cm³/mol. The molecule has 3 nitrogen and oxygen atoms in total. The summed E-state index contributed by atoms with van der Waals surface area (Å²) in [5, 5.41) is 3.41. The van der Waals surface area contributed by atoms with Crippen molar-refractivity contribution in [1.82, 2.24) is 10.3 Å². The Balaban J connectivity index is 2.65. The number of anilines is 1. The normalized spacial score (nSPS) is 11.4. The summed E-state index contributed by atoms with van der Waals surface area (Å²) in [7, 11) is 0. The van der Waals surface area contributed by atoms with Gasteiger partial charge in [0.1, 0.15) is 5.82 Å². The molecule has 3 N–H and O–H groups in total. The van der Waals surface area contributed by atoms with E-state index in [0.717, 1.165) is 18.8 Å². The topological polar surface area (TPSA) is 50.9 Å². The van der Waals surface area contributed by atoms with E-state index >= 15 is 0 Å². The number of nitrogens with two attached hydrogens (primary N) is 1. The van der Waals surface area contributed by atoms with Gasteiger partial charge in [-0.1, -0.05) is 27.7 Å². The minimum Gasteiger partial charge on any atom is -0.384 e. The first-order valence-corrected chi connectivity index (χ1v) is 5.96. The fraction of sp³-hybridized carbons (Fsp3) is 0.615. The highest BCUT2D eigenvalue weighted by molar-refractivity contribution is 5.35. The van der Waals surface area contributed by atoms with Crippen LogP contribution in [0.4, 0.5) is 5.82 Å². The van der Waals surface area contributed by atoms with Crippen LogP contribution in [-0.2, 0) is 6.54 Å². The summed E-state index contributed by atoms with van der Waals surface area (Å²) < 4.78 is 0. The molecule has 0 aromatic carbocycles. The molecule has 16 heavy (non-hydrogen) atoms. The lowest BCUT2D eigenvalue weighted by atomic mass is 10.1. The van der Waals surface area contributed by atoms with Crippen LogP contribution in [0, 0.1) is 5.92 Å². The van der Waals surface area contributed by atoms with Gasteiger partial charge in [0, 0.05) is 12.2 Å². The quantitative estimate of drug-likeness (QED) is 0.803. The van der Waals surface area contributed by atoms with E-state index < -0.39 is 0 Å². The zero-order valence-corrected chi connectivity index (χ0v) is 10.7. The minimum absolute atomic E-state index is 0.423. The molecule has 0 bridgehead atoms. The maximum Gasteiger partial charge on any atom is 0.123 e. The Labute approximate surface area is 98.5 Å². The van der Waals surface area contributed by atoms with E-state index in [1.807, 2.05) is 6.07 Å². The molecule has 0 aliphatic carbocycles. The molecule has 0 fully saturated rings. The van der Waals surface area contributed by atoms with E-state index in [1.54, 1.807) is 0 Å². The van der Waals surface area contributed by atoms with Crippen LogP contribution in [0.25, 0.3) is 0 Å². The molecule has 3 heteroatoms. The third-order valence-electron chi connectivity index (χ3n) is 2.40. The fourth-order valence-corrected chi connectivity index (χ4v) is 1.54. The molecule has 90 valence electrons. The molecule has 1 aromatic rings. The maximum atomic E-state index is 5.79. The van der Waals surface area contributed by atoms with Gasteiger partial charge in [0.05, 0.1) is 0 Å². The number of rotatable bonds is 5. The molecule has 0 unspecified atom stereocenters. The first-order chi connectivity index (χ1) is 7.49. The molecule has 0 spiro atoms. The van der Waals surface area contributed by atoms with E-state index in [9.17, 15) is 0 Å². The van der Waals surface area contributed by atoms with Gasteiger partial charge in [0.2, 0.25) is 0 Å². The summed E-state index contributed by atoms with van der Waals surface area (Å²) in [5.74, 6) is 1.71. The molecule has 0 amide bonds. The average Bonchev–Trinajstić information content (AvgIpc) is 2.16. The van der Waals surface area contributed by atoms with E-state index in [4.69, 9.17) is 5.73 Å². The Bertz CT molecular complexity index is 332. The fourth-order valence-electron chi connectivity index (χ4n) is 1.54. The van der Waals surface area contributed by atoms with Crippen LogP contribution in [0.15, 0.2) is 12.1 Å². The van der Waals surface area contributed by atoms with Gasteiger partial charge in [-0.3, -0.25) is 0 Å². The van der Waals surface area contributed by atoms with Gasteiger partial charge in [-0.25, -0.2) is 4.98 Å². The van der Waals surface area contributed by atoms with E-state index in [-0.39, 0.29) is 0 Å². The number of hydrogen-bond acceptors (Lipinski definition) is 3. The van der Waals surface area contributed by atoms with E-state index in [2.05, 4.69) is 44.1 Å². The second kappa shape index (κ2) is 5.85. The lowest BCUT2D eigenvalue weighted by Crippen LogP contribution is -2.19. The first kappa shape index (κ1) is 13.0. The Morgan fingerprint density at radius 2 is 1.94 bits per heavy atom. The predicted octanol–water partition coefficient (Wildman–Crippen LogP) is 2.53. The van der Waals surface area contributed by atoms with Crippen molar-refractivity contribution in [3.8, 4) is 0 Å². The van der Waals surface area contributed by atoms with Crippen molar-refractivity contribution in [2.24, 2.45) is 5.92 Å².